The Bertz CT molecular complexity index is 1060. The normalized spacial score (nSPS) is 11.0. The molecular weight excluding hydrogens is 394 g/mol. The quantitative estimate of drug-likeness (QED) is 0.474. The SMILES string of the molecule is COC(=O)/C=C(/Nc1ccc(C(=O)Nc2nc3ccccc3s2)cc1)C(=O)OC. The van der Waals surface area contributed by atoms with E-state index in [-0.39, 0.29) is 11.6 Å². The summed E-state index contributed by atoms with van der Waals surface area (Å²) in [5, 5.41) is 6.05. The Morgan fingerprint density at radius 2 is 1.69 bits per heavy atom. The van der Waals surface area contributed by atoms with E-state index in [4.69, 9.17) is 0 Å². The molecule has 0 radical (unpaired) electrons. The summed E-state index contributed by atoms with van der Waals surface area (Å²) in [5.41, 5.74) is 1.62. The highest BCUT2D eigenvalue weighted by Gasteiger charge is 2.14. The number of esters is 2. The van der Waals surface area contributed by atoms with Gasteiger partial charge in [0.2, 0.25) is 0 Å². The van der Waals surface area contributed by atoms with Gasteiger partial charge in [-0.2, -0.15) is 0 Å². The van der Waals surface area contributed by atoms with Crippen LogP contribution in [0.5, 0.6) is 0 Å². The van der Waals surface area contributed by atoms with Gasteiger partial charge >= 0.3 is 11.9 Å². The third-order valence-electron chi connectivity index (χ3n) is 3.81. The number of nitrogens with zero attached hydrogens (tertiary/aromatic N) is 1. The summed E-state index contributed by atoms with van der Waals surface area (Å²) < 4.78 is 10.1. The monoisotopic (exact) mass is 411 g/mol. The Labute approximate surface area is 170 Å². The number of fused-ring (bicyclic) bond motifs is 1. The lowest BCUT2D eigenvalue weighted by molar-refractivity contribution is -0.138. The fourth-order valence-corrected chi connectivity index (χ4v) is 3.25. The lowest BCUT2D eigenvalue weighted by atomic mass is 10.2. The number of anilines is 2. The number of hydrogen-bond donors (Lipinski definition) is 2. The first-order valence-electron chi connectivity index (χ1n) is 8.42. The van der Waals surface area contributed by atoms with Crippen LogP contribution in [-0.2, 0) is 19.1 Å². The van der Waals surface area contributed by atoms with Crippen molar-refractivity contribution < 1.29 is 23.9 Å². The van der Waals surface area contributed by atoms with Gasteiger partial charge in [-0.15, -0.1) is 0 Å². The largest absolute Gasteiger partial charge is 0.466 e. The minimum absolute atomic E-state index is 0.0916. The van der Waals surface area contributed by atoms with Crippen LogP contribution < -0.4 is 10.6 Å². The molecule has 1 amide bonds. The van der Waals surface area contributed by atoms with Crippen molar-refractivity contribution >= 4 is 50.2 Å². The molecule has 0 aliphatic carbocycles. The molecule has 0 fully saturated rings. The maximum atomic E-state index is 12.5. The Hall–Kier alpha value is -3.72. The van der Waals surface area contributed by atoms with Crippen molar-refractivity contribution in [3.63, 3.8) is 0 Å². The first kappa shape index (κ1) is 20.0. The number of rotatable bonds is 6. The summed E-state index contributed by atoms with van der Waals surface area (Å²) in [7, 11) is 2.40. The van der Waals surface area contributed by atoms with Crippen LogP contribution in [0.1, 0.15) is 10.4 Å². The van der Waals surface area contributed by atoms with Gasteiger partial charge in [-0.25, -0.2) is 14.6 Å². The predicted octanol–water partition coefficient (Wildman–Crippen LogP) is 3.19. The second kappa shape index (κ2) is 8.98. The minimum Gasteiger partial charge on any atom is -0.466 e. The maximum Gasteiger partial charge on any atom is 0.354 e. The van der Waals surface area contributed by atoms with E-state index in [1.807, 2.05) is 24.3 Å². The zero-order valence-corrected chi connectivity index (χ0v) is 16.4. The highest BCUT2D eigenvalue weighted by Crippen LogP contribution is 2.26. The average Bonchev–Trinajstić information content (AvgIpc) is 3.15. The number of nitrogens with one attached hydrogen (secondary N) is 2. The second-order valence-electron chi connectivity index (χ2n) is 5.72. The molecule has 148 valence electrons. The summed E-state index contributed by atoms with van der Waals surface area (Å²) in [6.45, 7) is 0. The summed E-state index contributed by atoms with van der Waals surface area (Å²) >= 11 is 1.39. The first-order chi connectivity index (χ1) is 14.0. The topological polar surface area (TPSA) is 107 Å². The van der Waals surface area contributed by atoms with Gasteiger partial charge < -0.3 is 14.8 Å². The van der Waals surface area contributed by atoms with E-state index in [0.717, 1.165) is 16.3 Å². The number of hydrogen-bond acceptors (Lipinski definition) is 8. The molecule has 1 heterocycles. The molecule has 9 heteroatoms. The first-order valence-corrected chi connectivity index (χ1v) is 9.24. The van der Waals surface area contributed by atoms with Crippen molar-refractivity contribution in [2.75, 3.05) is 24.9 Å². The zero-order valence-electron chi connectivity index (χ0n) is 15.6. The van der Waals surface area contributed by atoms with Crippen LogP contribution in [0.25, 0.3) is 10.2 Å². The van der Waals surface area contributed by atoms with Crippen LogP contribution in [0.3, 0.4) is 0 Å². The van der Waals surface area contributed by atoms with Crippen LogP contribution >= 0.6 is 11.3 Å². The molecule has 0 aliphatic rings. The van der Waals surface area contributed by atoms with E-state index in [0.29, 0.717) is 16.4 Å². The van der Waals surface area contributed by atoms with Crippen LogP contribution in [0.2, 0.25) is 0 Å². The molecule has 3 aromatic rings. The third kappa shape index (κ3) is 4.96. The standard InChI is InChI=1S/C20H17N3O5S/c1-27-17(24)11-15(19(26)28-2)21-13-9-7-12(8-10-13)18(25)23-20-22-14-5-3-4-6-16(14)29-20/h3-11,21H,1-2H3,(H,22,23,25)/b15-11+. The van der Waals surface area contributed by atoms with Crippen molar-refractivity contribution in [1.82, 2.24) is 4.98 Å². The number of aromatic nitrogens is 1. The van der Waals surface area contributed by atoms with Gasteiger partial charge in [-0.05, 0) is 36.4 Å². The van der Waals surface area contributed by atoms with Crippen LogP contribution in [0.15, 0.2) is 60.3 Å². The molecule has 0 aliphatic heterocycles. The highest BCUT2D eigenvalue weighted by molar-refractivity contribution is 7.22. The lowest BCUT2D eigenvalue weighted by Gasteiger charge is -2.09. The van der Waals surface area contributed by atoms with E-state index in [9.17, 15) is 14.4 Å². The number of methoxy groups -OCH3 is 2. The molecule has 8 nitrogen and oxygen atoms in total. The van der Waals surface area contributed by atoms with Gasteiger partial charge in [-0.1, -0.05) is 23.5 Å². The minimum atomic E-state index is -0.729. The smallest absolute Gasteiger partial charge is 0.354 e. The molecule has 2 aromatic carbocycles. The van der Waals surface area contributed by atoms with E-state index in [1.54, 1.807) is 24.3 Å². The van der Waals surface area contributed by atoms with Crippen LogP contribution in [-0.4, -0.2) is 37.0 Å². The van der Waals surface area contributed by atoms with Crippen molar-refractivity contribution in [2.45, 2.75) is 0 Å². The molecule has 2 N–H and O–H groups in total. The molecule has 29 heavy (non-hydrogen) atoms. The summed E-state index contributed by atoms with van der Waals surface area (Å²) in [6.07, 6.45) is 0.986. The van der Waals surface area contributed by atoms with Gasteiger partial charge in [0.25, 0.3) is 5.91 Å². The summed E-state index contributed by atoms with van der Waals surface area (Å²) in [4.78, 5) is 40.0. The number of thiazole rings is 1. The Morgan fingerprint density at radius 3 is 2.34 bits per heavy atom. The van der Waals surface area contributed by atoms with E-state index in [2.05, 4.69) is 25.1 Å². The Kier molecular flexibility index (Phi) is 6.20. The van der Waals surface area contributed by atoms with Crippen molar-refractivity contribution in [3.05, 3.63) is 65.9 Å². The maximum absolute atomic E-state index is 12.5. The lowest BCUT2D eigenvalue weighted by Crippen LogP contribution is -2.16. The third-order valence-corrected chi connectivity index (χ3v) is 4.76. The number of ether oxygens (including phenoxy) is 2. The fourth-order valence-electron chi connectivity index (χ4n) is 2.39. The molecule has 0 bridgehead atoms. The van der Waals surface area contributed by atoms with Gasteiger partial charge in [-0.3, -0.25) is 10.1 Å². The van der Waals surface area contributed by atoms with Gasteiger partial charge in [0.1, 0.15) is 5.70 Å². The number of benzene rings is 2. The molecule has 0 saturated heterocycles. The van der Waals surface area contributed by atoms with Crippen molar-refractivity contribution in [2.24, 2.45) is 0 Å². The number of amides is 1. The van der Waals surface area contributed by atoms with Crippen molar-refractivity contribution in [1.29, 1.82) is 0 Å². The Morgan fingerprint density at radius 1 is 0.966 bits per heavy atom. The molecule has 0 saturated carbocycles. The average molecular weight is 411 g/mol. The number of para-hydroxylation sites is 1. The molecule has 0 unspecified atom stereocenters. The van der Waals surface area contributed by atoms with Crippen LogP contribution in [0.4, 0.5) is 10.8 Å². The van der Waals surface area contributed by atoms with Gasteiger partial charge in [0, 0.05) is 11.3 Å². The fraction of sp³-hybridized carbons (Fsp3) is 0.100. The van der Waals surface area contributed by atoms with Crippen molar-refractivity contribution in [3.8, 4) is 0 Å². The highest BCUT2D eigenvalue weighted by atomic mass is 32.1. The molecule has 0 atom stereocenters. The van der Waals surface area contributed by atoms with Gasteiger partial charge in [0.05, 0.1) is 30.5 Å². The van der Waals surface area contributed by atoms with Gasteiger partial charge in [0.15, 0.2) is 5.13 Å². The van der Waals surface area contributed by atoms with E-state index < -0.39 is 11.9 Å². The Balaban J connectivity index is 1.71. The predicted molar refractivity (Wildman–Crippen MR) is 110 cm³/mol. The molecular formula is C20H17N3O5S. The van der Waals surface area contributed by atoms with Crippen LogP contribution in [0, 0.1) is 0 Å². The zero-order chi connectivity index (χ0) is 20.8. The summed E-state index contributed by atoms with van der Waals surface area (Å²) in [5.74, 6) is -1.74. The second-order valence-corrected chi connectivity index (χ2v) is 6.75. The summed E-state index contributed by atoms with van der Waals surface area (Å²) in [6, 6.07) is 14.0. The number of carbonyl (C=O) groups excluding carboxylic acids is 3. The number of carbonyl (C=O) groups is 3. The molecule has 3 rings (SSSR count). The van der Waals surface area contributed by atoms with E-state index >= 15 is 0 Å². The molecule has 0 spiro atoms. The molecule has 1 aromatic heterocycles. The van der Waals surface area contributed by atoms with E-state index in [1.165, 1.54) is 25.6 Å².